The zero-order valence-corrected chi connectivity index (χ0v) is 18.3. The summed E-state index contributed by atoms with van der Waals surface area (Å²) in [5.41, 5.74) is 2.99. The summed E-state index contributed by atoms with van der Waals surface area (Å²) < 4.78 is 0. The summed E-state index contributed by atoms with van der Waals surface area (Å²) in [7, 11) is 0. The first-order valence-corrected chi connectivity index (χ1v) is 11.7. The summed E-state index contributed by atoms with van der Waals surface area (Å²) in [6, 6.07) is 15.2. The van der Waals surface area contributed by atoms with Gasteiger partial charge >= 0.3 is 0 Å². The Morgan fingerprint density at radius 3 is 2.06 bits per heavy atom. The van der Waals surface area contributed by atoms with Gasteiger partial charge in [-0.3, -0.25) is 14.5 Å². The number of rotatable bonds is 5. The van der Waals surface area contributed by atoms with E-state index in [1.807, 2.05) is 47.4 Å². The van der Waals surface area contributed by atoms with Crippen LogP contribution in [-0.2, 0) is 6.54 Å². The van der Waals surface area contributed by atoms with E-state index in [4.69, 9.17) is 0 Å². The number of benzene rings is 2. The first kappa shape index (κ1) is 21.6. The maximum Gasteiger partial charge on any atom is 0.255 e. The van der Waals surface area contributed by atoms with Gasteiger partial charge < -0.3 is 10.2 Å². The maximum absolute atomic E-state index is 13.0. The molecule has 0 saturated carbocycles. The lowest BCUT2D eigenvalue weighted by molar-refractivity contribution is 0.0725. The molecule has 164 valence electrons. The number of nitrogens with zero attached hydrogens (tertiary/aromatic N) is 2. The molecule has 5 nitrogen and oxygen atoms in total. The third kappa shape index (κ3) is 5.73. The molecule has 4 rings (SSSR count). The normalized spacial score (nSPS) is 17.7. The summed E-state index contributed by atoms with van der Waals surface area (Å²) in [5.74, 6) is -0.177. The van der Waals surface area contributed by atoms with Gasteiger partial charge in [-0.1, -0.05) is 37.1 Å². The third-order valence-electron chi connectivity index (χ3n) is 6.37. The standard InChI is InChI=1S/C26H33N3O2/c30-25(22-14-12-21(13-15-22)20-28-16-6-1-2-7-17-28)27-24-11-5-4-10-23(24)26(31)29-18-8-3-9-19-29/h4-5,10-15H,1-3,6-9,16-20H2,(H,27,30). The average Bonchev–Trinajstić information content (AvgIpc) is 3.09. The van der Waals surface area contributed by atoms with Gasteiger partial charge in [0.1, 0.15) is 0 Å². The number of amides is 2. The predicted molar refractivity (Wildman–Crippen MR) is 124 cm³/mol. The molecule has 0 unspecified atom stereocenters. The van der Waals surface area contributed by atoms with Crippen LogP contribution in [0.5, 0.6) is 0 Å². The Labute approximate surface area is 185 Å². The SMILES string of the molecule is O=C(Nc1ccccc1C(=O)N1CCCCC1)c1ccc(CN2CCCCCC2)cc1. The highest BCUT2D eigenvalue weighted by molar-refractivity contribution is 6.09. The van der Waals surface area contributed by atoms with Crippen LogP contribution < -0.4 is 5.32 Å². The van der Waals surface area contributed by atoms with Crippen molar-refractivity contribution in [2.45, 2.75) is 51.5 Å². The average molecular weight is 420 g/mol. The number of piperidine rings is 1. The minimum absolute atomic E-state index is 0.00315. The van der Waals surface area contributed by atoms with Crippen LogP contribution in [0, 0.1) is 0 Å². The lowest BCUT2D eigenvalue weighted by Crippen LogP contribution is -2.36. The largest absolute Gasteiger partial charge is 0.339 e. The first-order valence-electron chi connectivity index (χ1n) is 11.7. The molecule has 2 aliphatic heterocycles. The van der Waals surface area contributed by atoms with Gasteiger partial charge in [0.05, 0.1) is 11.3 Å². The molecule has 1 N–H and O–H groups in total. The highest BCUT2D eigenvalue weighted by Crippen LogP contribution is 2.21. The van der Waals surface area contributed by atoms with E-state index in [1.165, 1.54) is 37.7 Å². The summed E-state index contributed by atoms with van der Waals surface area (Å²) in [4.78, 5) is 30.2. The number of carbonyl (C=O) groups is 2. The number of anilines is 1. The van der Waals surface area contributed by atoms with Crippen LogP contribution >= 0.6 is 0 Å². The Morgan fingerprint density at radius 2 is 1.35 bits per heavy atom. The van der Waals surface area contributed by atoms with Crippen molar-refractivity contribution >= 4 is 17.5 Å². The van der Waals surface area contributed by atoms with E-state index >= 15 is 0 Å². The highest BCUT2D eigenvalue weighted by Gasteiger charge is 2.21. The van der Waals surface area contributed by atoms with Crippen LogP contribution in [0.3, 0.4) is 0 Å². The lowest BCUT2D eigenvalue weighted by Gasteiger charge is -2.27. The molecular weight excluding hydrogens is 386 g/mol. The molecule has 2 aromatic carbocycles. The van der Waals surface area contributed by atoms with E-state index < -0.39 is 0 Å². The lowest BCUT2D eigenvalue weighted by atomic mass is 10.1. The quantitative estimate of drug-likeness (QED) is 0.747. The first-order chi connectivity index (χ1) is 15.2. The van der Waals surface area contributed by atoms with Crippen LogP contribution in [-0.4, -0.2) is 47.8 Å². The number of likely N-dealkylation sites (tertiary alicyclic amines) is 2. The summed E-state index contributed by atoms with van der Waals surface area (Å²) in [6.07, 6.45) is 8.48. The maximum atomic E-state index is 13.0. The zero-order valence-electron chi connectivity index (χ0n) is 18.3. The number of nitrogens with one attached hydrogen (secondary N) is 1. The molecule has 2 saturated heterocycles. The molecule has 2 aromatic rings. The fraction of sp³-hybridized carbons (Fsp3) is 0.462. The highest BCUT2D eigenvalue weighted by atomic mass is 16.2. The van der Waals surface area contributed by atoms with E-state index in [0.29, 0.717) is 16.8 Å². The van der Waals surface area contributed by atoms with Crippen molar-refractivity contribution < 1.29 is 9.59 Å². The Balaban J connectivity index is 1.40. The molecule has 2 fully saturated rings. The molecule has 2 aliphatic rings. The third-order valence-corrected chi connectivity index (χ3v) is 6.37. The summed E-state index contributed by atoms with van der Waals surface area (Å²) in [5, 5.41) is 2.96. The second kappa shape index (κ2) is 10.6. The monoisotopic (exact) mass is 419 g/mol. The van der Waals surface area contributed by atoms with E-state index in [1.54, 1.807) is 6.07 Å². The van der Waals surface area contributed by atoms with Crippen molar-refractivity contribution in [2.75, 3.05) is 31.5 Å². The second-order valence-electron chi connectivity index (χ2n) is 8.74. The molecule has 0 radical (unpaired) electrons. The number of hydrogen-bond acceptors (Lipinski definition) is 3. The van der Waals surface area contributed by atoms with Crippen molar-refractivity contribution in [3.63, 3.8) is 0 Å². The molecular formula is C26H33N3O2. The predicted octanol–water partition coefficient (Wildman–Crippen LogP) is 4.94. The van der Waals surface area contributed by atoms with Crippen molar-refractivity contribution in [1.29, 1.82) is 0 Å². The molecule has 31 heavy (non-hydrogen) atoms. The molecule has 0 atom stereocenters. The van der Waals surface area contributed by atoms with Crippen LogP contribution in [0.2, 0.25) is 0 Å². The number of hydrogen-bond donors (Lipinski definition) is 1. The molecule has 0 spiro atoms. The minimum atomic E-state index is -0.180. The molecule has 0 aromatic heterocycles. The molecule has 5 heteroatoms. The van der Waals surface area contributed by atoms with Gasteiger partial charge in [0.25, 0.3) is 11.8 Å². The summed E-state index contributed by atoms with van der Waals surface area (Å²) >= 11 is 0. The van der Waals surface area contributed by atoms with Gasteiger partial charge in [-0.25, -0.2) is 0 Å². The van der Waals surface area contributed by atoms with E-state index in [0.717, 1.165) is 45.6 Å². The number of para-hydroxylation sites is 1. The van der Waals surface area contributed by atoms with Crippen LogP contribution in [0.15, 0.2) is 48.5 Å². The van der Waals surface area contributed by atoms with Gasteiger partial charge in [-0.15, -0.1) is 0 Å². The summed E-state index contributed by atoms with van der Waals surface area (Å²) in [6.45, 7) is 4.84. The second-order valence-corrected chi connectivity index (χ2v) is 8.74. The van der Waals surface area contributed by atoms with E-state index in [9.17, 15) is 9.59 Å². The fourth-order valence-electron chi connectivity index (χ4n) is 4.55. The zero-order chi connectivity index (χ0) is 21.5. The minimum Gasteiger partial charge on any atom is -0.339 e. The molecule has 0 aliphatic carbocycles. The molecule has 2 amide bonds. The van der Waals surface area contributed by atoms with Gasteiger partial charge in [0.15, 0.2) is 0 Å². The van der Waals surface area contributed by atoms with Crippen molar-refractivity contribution in [3.8, 4) is 0 Å². The Morgan fingerprint density at radius 1 is 0.742 bits per heavy atom. The van der Waals surface area contributed by atoms with Gasteiger partial charge in [-0.05, 0) is 75.0 Å². The molecule has 2 heterocycles. The van der Waals surface area contributed by atoms with Crippen molar-refractivity contribution in [1.82, 2.24) is 9.80 Å². The van der Waals surface area contributed by atoms with Crippen molar-refractivity contribution in [3.05, 3.63) is 65.2 Å². The van der Waals surface area contributed by atoms with E-state index in [-0.39, 0.29) is 11.8 Å². The van der Waals surface area contributed by atoms with Crippen LogP contribution in [0.1, 0.15) is 71.2 Å². The molecule has 0 bridgehead atoms. The van der Waals surface area contributed by atoms with Gasteiger partial charge in [0.2, 0.25) is 0 Å². The van der Waals surface area contributed by atoms with Crippen LogP contribution in [0.4, 0.5) is 5.69 Å². The Hall–Kier alpha value is -2.66. The topological polar surface area (TPSA) is 52.7 Å². The fourth-order valence-corrected chi connectivity index (χ4v) is 4.55. The van der Waals surface area contributed by atoms with Gasteiger partial charge in [0, 0.05) is 25.2 Å². The van der Waals surface area contributed by atoms with Gasteiger partial charge in [-0.2, -0.15) is 0 Å². The smallest absolute Gasteiger partial charge is 0.255 e. The number of carbonyl (C=O) groups excluding carboxylic acids is 2. The Bertz CT molecular complexity index is 880. The van der Waals surface area contributed by atoms with Crippen LogP contribution in [0.25, 0.3) is 0 Å². The van der Waals surface area contributed by atoms with E-state index in [2.05, 4.69) is 10.2 Å². The Kier molecular flexibility index (Phi) is 7.36. The van der Waals surface area contributed by atoms with Crippen molar-refractivity contribution in [2.24, 2.45) is 0 Å².